The summed E-state index contributed by atoms with van der Waals surface area (Å²) in [6.07, 6.45) is 0.392. The van der Waals surface area contributed by atoms with Crippen LogP contribution >= 0.6 is 0 Å². The number of carbonyl (C=O) groups excluding carboxylic acids is 1. The van der Waals surface area contributed by atoms with Crippen molar-refractivity contribution in [1.82, 2.24) is 5.32 Å². The molecule has 0 saturated carbocycles. The summed E-state index contributed by atoms with van der Waals surface area (Å²) in [5, 5.41) is 6.10. The van der Waals surface area contributed by atoms with Gasteiger partial charge in [-0.15, -0.1) is 0 Å². The first-order valence-electron chi connectivity index (χ1n) is 6.55. The number of carbonyl (C=O) groups is 1. The Bertz CT molecular complexity index is 474. The van der Waals surface area contributed by atoms with E-state index in [1.807, 2.05) is 32.2 Å². The Balaban J connectivity index is 2.25. The molecule has 3 unspecified atom stereocenters. The van der Waals surface area contributed by atoms with E-state index in [9.17, 15) is 4.79 Å². The molecule has 1 aromatic rings. The van der Waals surface area contributed by atoms with Crippen molar-refractivity contribution in [1.29, 1.82) is 0 Å². The van der Waals surface area contributed by atoms with Gasteiger partial charge in [-0.1, -0.05) is 6.07 Å². The lowest BCUT2D eigenvalue weighted by molar-refractivity contribution is -0.122. The SMILES string of the molecule is CNC(CC(C)N)c1ccc2c(c1)NC(=O)C(C)O2. The summed E-state index contributed by atoms with van der Waals surface area (Å²) in [5.74, 6) is 0.601. The van der Waals surface area contributed by atoms with Gasteiger partial charge in [0.2, 0.25) is 0 Å². The first kappa shape index (κ1) is 13.8. The molecule has 0 bridgehead atoms. The highest BCUT2D eigenvalue weighted by Gasteiger charge is 2.24. The fourth-order valence-corrected chi connectivity index (χ4v) is 2.24. The lowest BCUT2D eigenvalue weighted by Gasteiger charge is -2.25. The number of nitrogens with two attached hydrogens (primary N) is 1. The predicted octanol–water partition coefficient (Wildman–Crippen LogP) is 1.40. The molecule has 0 aliphatic carbocycles. The normalized spacial score (nSPS) is 21.1. The topological polar surface area (TPSA) is 76.4 Å². The Morgan fingerprint density at radius 2 is 2.26 bits per heavy atom. The van der Waals surface area contributed by atoms with E-state index in [2.05, 4.69) is 10.6 Å². The maximum absolute atomic E-state index is 11.6. The molecule has 5 heteroatoms. The zero-order valence-electron chi connectivity index (χ0n) is 11.6. The van der Waals surface area contributed by atoms with Gasteiger partial charge in [0.25, 0.3) is 5.91 Å². The quantitative estimate of drug-likeness (QED) is 0.767. The Hall–Kier alpha value is -1.59. The zero-order chi connectivity index (χ0) is 14.0. The van der Waals surface area contributed by atoms with E-state index in [-0.39, 0.29) is 18.0 Å². The minimum atomic E-state index is -0.442. The monoisotopic (exact) mass is 263 g/mol. The van der Waals surface area contributed by atoms with Crippen LogP contribution < -0.4 is 21.1 Å². The fourth-order valence-electron chi connectivity index (χ4n) is 2.24. The van der Waals surface area contributed by atoms with E-state index in [0.29, 0.717) is 5.75 Å². The van der Waals surface area contributed by atoms with Gasteiger partial charge >= 0.3 is 0 Å². The highest BCUT2D eigenvalue weighted by Crippen LogP contribution is 2.32. The van der Waals surface area contributed by atoms with Crippen molar-refractivity contribution in [3.05, 3.63) is 23.8 Å². The van der Waals surface area contributed by atoms with Gasteiger partial charge in [0.05, 0.1) is 5.69 Å². The molecule has 1 aromatic carbocycles. The number of benzene rings is 1. The third-order valence-electron chi connectivity index (χ3n) is 3.29. The van der Waals surface area contributed by atoms with Crippen molar-refractivity contribution in [3.8, 4) is 5.75 Å². The van der Waals surface area contributed by atoms with Crippen LogP contribution in [0.25, 0.3) is 0 Å². The molecule has 0 aromatic heterocycles. The molecule has 3 atom stereocenters. The second kappa shape index (κ2) is 5.59. The van der Waals surface area contributed by atoms with Crippen molar-refractivity contribution in [2.24, 2.45) is 5.73 Å². The second-order valence-electron chi connectivity index (χ2n) is 5.06. The molecule has 0 spiro atoms. The first-order valence-corrected chi connectivity index (χ1v) is 6.55. The molecular weight excluding hydrogens is 242 g/mol. The van der Waals surface area contributed by atoms with Crippen LogP contribution in [0.15, 0.2) is 18.2 Å². The second-order valence-corrected chi connectivity index (χ2v) is 5.06. The minimum Gasteiger partial charge on any atom is -0.479 e. The Labute approximate surface area is 113 Å². The van der Waals surface area contributed by atoms with E-state index in [1.54, 1.807) is 6.92 Å². The maximum Gasteiger partial charge on any atom is 0.265 e. The van der Waals surface area contributed by atoms with Crippen LogP contribution in [0.1, 0.15) is 31.9 Å². The standard InChI is InChI=1S/C14H21N3O2/c1-8(15)6-11(16-3)10-4-5-13-12(7-10)17-14(18)9(2)19-13/h4-5,7-9,11,16H,6,15H2,1-3H3,(H,17,18). The Kier molecular flexibility index (Phi) is 4.07. The van der Waals surface area contributed by atoms with Crippen LogP contribution in [-0.2, 0) is 4.79 Å². The molecule has 1 aliphatic rings. The number of fused-ring (bicyclic) bond motifs is 1. The van der Waals surface area contributed by atoms with Gasteiger partial charge in [0.15, 0.2) is 6.10 Å². The number of amides is 1. The van der Waals surface area contributed by atoms with Crippen molar-refractivity contribution in [2.45, 2.75) is 38.5 Å². The van der Waals surface area contributed by atoms with Crippen LogP contribution in [0, 0.1) is 0 Å². The van der Waals surface area contributed by atoms with Gasteiger partial charge in [-0.25, -0.2) is 0 Å². The molecule has 104 valence electrons. The van der Waals surface area contributed by atoms with E-state index < -0.39 is 6.10 Å². The smallest absolute Gasteiger partial charge is 0.265 e. The largest absolute Gasteiger partial charge is 0.479 e. The fraction of sp³-hybridized carbons (Fsp3) is 0.500. The lowest BCUT2D eigenvalue weighted by atomic mass is 9.99. The summed E-state index contributed by atoms with van der Waals surface area (Å²) >= 11 is 0. The van der Waals surface area contributed by atoms with Crippen molar-refractivity contribution >= 4 is 11.6 Å². The van der Waals surface area contributed by atoms with Crippen LogP contribution in [0.4, 0.5) is 5.69 Å². The van der Waals surface area contributed by atoms with Crippen LogP contribution in [0.2, 0.25) is 0 Å². The molecule has 2 rings (SSSR count). The summed E-state index contributed by atoms with van der Waals surface area (Å²) in [5.41, 5.74) is 7.67. The molecule has 0 radical (unpaired) electrons. The van der Waals surface area contributed by atoms with Gasteiger partial charge in [-0.3, -0.25) is 4.79 Å². The summed E-state index contributed by atoms with van der Waals surface area (Å²) in [6.45, 7) is 3.72. The van der Waals surface area contributed by atoms with Crippen molar-refractivity contribution < 1.29 is 9.53 Å². The molecule has 4 N–H and O–H groups in total. The molecule has 0 saturated heterocycles. The molecular formula is C14H21N3O2. The molecule has 1 amide bonds. The number of nitrogens with one attached hydrogen (secondary N) is 2. The average molecular weight is 263 g/mol. The number of ether oxygens (including phenoxy) is 1. The zero-order valence-corrected chi connectivity index (χ0v) is 11.6. The van der Waals surface area contributed by atoms with Crippen molar-refractivity contribution in [2.75, 3.05) is 12.4 Å². The summed E-state index contributed by atoms with van der Waals surface area (Å²) in [6, 6.07) is 6.13. The average Bonchev–Trinajstić information content (AvgIpc) is 2.36. The third-order valence-corrected chi connectivity index (χ3v) is 3.29. The number of rotatable bonds is 4. The maximum atomic E-state index is 11.6. The van der Waals surface area contributed by atoms with Crippen molar-refractivity contribution in [3.63, 3.8) is 0 Å². The van der Waals surface area contributed by atoms with E-state index >= 15 is 0 Å². The summed E-state index contributed by atoms with van der Waals surface area (Å²) < 4.78 is 5.54. The summed E-state index contributed by atoms with van der Waals surface area (Å²) in [4.78, 5) is 11.6. The Morgan fingerprint density at radius 1 is 1.53 bits per heavy atom. The lowest BCUT2D eigenvalue weighted by Crippen LogP contribution is -2.34. The van der Waals surface area contributed by atoms with Crippen LogP contribution in [0.5, 0.6) is 5.75 Å². The Morgan fingerprint density at radius 3 is 2.89 bits per heavy atom. The van der Waals surface area contributed by atoms with Gasteiger partial charge in [0, 0.05) is 12.1 Å². The minimum absolute atomic E-state index is 0.111. The highest BCUT2D eigenvalue weighted by molar-refractivity contribution is 5.97. The molecule has 5 nitrogen and oxygen atoms in total. The van der Waals surface area contributed by atoms with Gasteiger partial charge < -0.3 is 21.1 Å². The van der Waals surface area contributed by atoms with E-state index in [4.69, 9.17) is 10.5 Å². The molecule has 1 aliphatic heterocycles. The molecule has 0 fully saturated rings. The number of anilines is 1. The first-order chi connectivity index (χ1) is 9.01. The number of hydrogen-bond donors (Lipinski definition) is 3. The van der Waals surface area contributed by atoms with Gasteiger partial charge in [-0.2, -0.15) is 0 Å². The van der Waals surface area contributed by atoms with Crippen LogP contribution in [-0.4, -0.2) is 25.1 Å². The highest BCUT2D eigenvalue weighted by atomic mass is 16.5. The molecule has 19 heavy (non-hydrogen) atoms. The summed E-state index contributed by atoms with van der Waals surface area (Å²) in [7, 11) is 1.91. The third kappa shape index (κ3) is 3.05. The van der Waals surface area contributed by atoms with E-state index in [0.717, 1.165) is 17.7 Å². The molecule has 1 heterocycles. The van der Waals surface area contributed by atoms with E-state index in [1.165, 1.54) is 0 Å². The van der Waals surface area contributed by atoms with Gasteiger partial charge in [-0.05, 0) is 45.0 Å². The van der Waals surface area contributed by atoms with Crippen LogP contribution in [0.3, 0.4) is 0 Å². The predicted molar refractivity (Wildman–Crippen MR) is 75.2 cm³/mol. The van der Waals surface area contributed by atoms with Gasteiger partial charge in [0.1, 0.15) is 5.75 Å². The number of hydrogen-bond acceptors (Lipinski definition) is 4.